The third kappa shape index (κ3) is 4.50. The molecule has 0 saturated heterocycles. The van der Waals surface area contributed by atoms with Gasteiger partial charge in [-0.25, -0.2) is 4.79 Å². The summed E-state index contributed by atoms with van der Waals surface area (Å²) in [5.41, 5.74) is 1.80. The normalized spacial score (nSPS) is 11.0. The maximum atomic E-state index is 12.2. The van der Waals surface area contributed by atoms with Gasteiger partial charge in [0.15, 0.2) is 0 Å². The van der Waals surface area contributed by atoms with Gasteiger partial charge in [0.05, 0.1) is 30.0 Å². The summed E-state index contributed by atoms with van der Waals surface area (Å²) >= 11 is 6.11. The Kier molecular flexibility index (Phi) is 6.06. The molecular weight excluding hydrogens is 314 g/mol. The predicted molar refractivity (Wildman–Crippen MR) is 92.7 cm³/mol. The predicted octanol–water partition coefficient (Wildman–Crippen LogP) is 4.36. The average Bonchev–Trinajstić information content (AvgIpc) is 2.57. The molecule has 0 atom stereocenters. The van der Waals surface area contributed by atoms with E-state index < -0.39 is 5.97 Å². The van der Waals surface area contributed by atoms with E-state index in [4.69, 9.17) is 21.1 Å². The molecule has 0 bridgehead atoms. The molecule has 0 aliphatic carbocycles. The number of anilines is 1. The highest BCUT2D eigenvalue weighted by atomic mass is 35.5. The van der Waals surface area contributed by atoms with Gasteiger partial charge in [-0.1, -0.05) is 35.9 Å². The van der Waals surface area contributed by atoms with Crippen LogP contribution in [0.15, 0.2) is 54.7 Å². The lowest BCUT2D eigenvalue weighted by molar-refractivity contribution is -0.136. The van der Waals surface area contributed by atoms with E-state index >= 15 is 0 Å². The van der Waals surface area contributed by atoms with Crippen molar-refractivity contribution >= 4 is 28.8 Å². The third-order valence-corrected chi connectivity index (χ3v) is 3.45. The molecule has 0 radical (unpaired) electrons. The van der Waals surface area contributed by atoms with Crippen LogP contribution in [0, 0.1) is 0 Å². The summed E-state index contributed by atoms with van der Waals surface area (Å²) in [6, 6.07) is 14.5. The number of hydrogen-bond donors (Lipinski definition) is 1. The Hall–Kier alpha value is -2.46. The minimum Gasteiger partial charge on any atom is -0.497 e. The van der Waals surface area contributed by atoms with Crippen LogP contribution in [0.2, 0.25) is 5.02 Å². The number of carbonyl (C=O) groups excluding carboxylic acids is 1. The molecule has 2 aromatic carbocycles. The molecule has 0 fully saturated rings. The number of hydrogen-bond acceptors (Lipinski definition) is 4. The average molecular weight is 332 g/mol. The van der Waals surface area contributed by atoms with E-state index in [0.717, 1.165) is 0 Å². The zero-order chi connectivity index (χ0) is 16.7. The monoisotopic (exact) mass is 331 g/mol. The van der Waals surface area contributed by atoms with Crippen molar-refractivity contribution in [3.8, 4) is 5.75 Å². The first-order valence-electron chi connectivity index (χ1n) is 7.18. The summed E-state index contributed by atoms with van der Waals surface area (Å²) in [4.78, 5) is 12.2. The lowest BCUT2D eigenvalue weighted by Gasteiger charge is -2.10. The summed E-state index contributed by atoms with van der Waals surface area (Å²) < 4.78 is 10.3. The van der Waals surface area contributed by atoms with E-state index in [2.05, 4.69) is 5.32 Å². The van der Waals surface area contributed by atoms with Crippen molar-refractivity contribution in [2.24, 2.45) is 0 Å². The van der Waals surface area contributed by atoms with Crippen molar-refractivity contribution in [1.82, 2.24) is 0 Å². The second kappa shape index (κ2) is 8.25. The molecule has 0 spiro atoms. The first-order valence-corrected chi connectivity index (χ1v) is 7.56. The second-order valence-electron chi connectivity index (χ2n) is 4.63. The maximum Gasteiger partial charge on any atom is 0.340 e. The van der Waals surface area contributed by atoms with Crippen molar-refractivity contribution in [2.45, 2.75) is 6.92 Å². The Labute approximate surface area is 140 Å². The molecule has 0 saturated carbocycles. The largest absolute Gasteiger partial charge is 0.497 e. The van der Waals surface area contributed by atoms with Gasteiger partial charge in [-0.2, -0.15) is 0 Å². The molecule has 2 aromatic rings. The molecular formula is C18H18ClNO3. The number of rotatable bonds is 6. The van der Waals surface area contributed by atoms with Gasteiger partial charge in [0.2, 0.25) is 0 Å². The molecule has 0 heterocycles. The quantitative estimate of drug-likeness (QED) is 0.631. The molecule has 120 valence electrons. The van der Waals surface area contributed by atoms with Gasteiger partial charge in [0.25, 0.3) is 0 Å². The first-order chi connectivity index (χ1) is 11.2. The van der Waals surface area contributed by atoms with Gasteiger partial charge in [0.1, 0.15) is 5.75 Å². The van der Waals surface area contributed by atoms with E-state index in [1.165, 1.54) is 0 Å². The number of nitrogens with one attached hydrogen (secondary N) is 1. The summed E-state index contributed by atoms with van der Waals surface area (Å²) in [5, 5.41) is 3.62. The summed E-state index contributed by atoms with van der Waals surface area (Å²) in [6.45, 7) is 2.06. The topological polar surface area (TPSA) is 47.6 Å². The smallest absolute Gasteiger partial charge is 0.340 e. The lowest BCUT2D eigenvalue weighted by Crippen LogP contribution is -2.08. The number of esters is 1. The SMILES string of the molecule is CCOC(=O)/C(=C/Nc1ccccc1Cl)c1cccc(OC)c1. The van der Waals surface area contributed by atoms with Gasteiger partial charge in [-0.3, -0.25) is 0 Å². The van der Waals surface area contributed by atoms with Crippen molar-refractivity contribution in [3.63, 3.8) is 0 Å². The molecule has 4 nitrogen and oxygen atoms in total. The number of benzene rings is 2. The number of ether oxygens (including phenoxy) is 2. The van der Waals surface area contributed by atoms with Gasteiger partial charge >= 0.3 is 5.97 Å². The van der Waals surface area contributed by atoms with Crippen molar-refractivity contribution in [3.05, 3.63) is 65.3 Å². The van der Waals surface area contributed by atoms with E-state index in [-0.39, 0.29) is 0 Å². The second-order valence-corrected chi connectivity index (χ2v) is 5.04. The van der Waals surface area contributed by atoms with Crippen LogP contribution in [0.25, 0.3) is 5.57 Å². The van der Waals surface area contributed by atoms with Crippen LogP contribution in [0.5, 0.6) is 5.75 Å². The van der Waals surface area contributed by atoms with Gasteiger partial charge in [-0.15, -0.1) is 0 Å². The molecule has 1 N–H and O–H groups in total. The highest BCUT2D eigenvalue weighted by molar-refractivity contribution is 6.33. The Morgan fingerprint density at radius 2 is 2.00 bits per heavy atom. The molecule has 0 aliphatic heterocycles. The van der Waals surface area contributed by atoms with Crippen LogP contribution in [-0.4, -0.2) is 19.7 Å². The number of methoxy groups -OCH3 is 1. The minimum atomic E-state index is -0.416. The Bertz CT molecular complexity index is 713. The van der Waals surface area contributed by atoms with Gasteiger partial charge < -0.3 is 14.8 Å². The third-order valence-electron chi connectivity index (χ3n) is 3.12. The zero-order valence-electron chi connectivity index (χ0n) is 13.0. The van der Waals surface area contributed by atoms with Crippen LogP contribution in [-0.2, 0) is 9.53 Å². The highest BCUT2D eigenvalue weighted by Crippen LogP contribution is 2.24. The van der Waals surface area contributed by atoms with Gasteiger partial charge in [0, 0.05) is 6.20 Å². The fourth-order valence-corrected chi connectivity index (χ4v) is 2.18. The maximum absolute atomic E-state index is 12.2. The number of halogens is 1. The zero-order valence-corrected chi connectivity index (χ0v) is 13.8. The van der Waals surface area contributed by atoms with E-state index in [1.807, 2.05) is 36.4 Å². The Balaban J connectivity index is 2.35. The van der Waals surface area contributed by atoms with Crippen molar-refractivity contribution in [1.29, 1.82) is 0 Å². The van der Waals surface area contributed by atoms with E-state index in [1.54, 1.807) is 32.4 Å². The standard InChI is InChI=1S/C18H18ClNO3/c1-3-23-18(21)15(13-7-6-8-14(11-13)22-2)12-20-17-10-5-4-9-16(17)19/h4-12,20H,3H2,1-2H3/b15-12+. The summed E-state index contributed by atoms with van der Waals surface area (Å²) in [5.74, 6) is 0.246. The molecule has 23 heavy (non-hydrogen) atoms. The molecule has 0 aliphatic rings. The Morgan fingerprint density at radius 3 is 2.70 bits per heavy atom. The highest BCUT2D eigenvalue weighted by Gasteiger charge is 2.14. The summed E-state index contributed by atoms with van der Waals surface area (Å²) in [7, 11) is 1.58. The van der Waals surface area contributed by atoms with Crippen molar-refractivity contribution < 1.29 is 14.3 Å². The molecule has 2 rings (SSSR count). The van der Waals surface area contributed by atoms with Crippen LogP contribution in [0.4, 0.5) is 5.69 Å². The van der Waals surface area contributed by atoms with Crippen LogP contribution >= 0.6 is 11.6 Å². The van der Waals surface area contributed by atoms with E-state index in [0.29, 0.717) is 34.2 Å². The van der Waals surface area contributed by atoms with E-state index in [9.17, 15) is 4.79 Å². The minimum absolute atomic E-state index is 0.298. The summed E-state index contributed by atoms with van der Waals surface area (Å²) in [6.07, 6.45) is 1.59. The Morgan fingerprint density at radius 1 is 1.22 bits per heavy atom. The molecule has 0 amide bonds. The molecule has 0 aromatic heterocycles. The van der Waals surface area contributed by atoms with Gasteiger partial charge in [-0.05, 0) is 36.8 Å². The fraction of sp³-hybridized carbons (Fsp3) is 0.167. The van der Waals surface area contributed by atoms with Crippen molar-refractivity contribution in [2.75, 3.05) is 19.0 Å². The van der Waals surface area contributed by atoms with Crippen LogP contribution in [0.1, 0.15) is 12.5 Å². The number of para-hydroxylation sites is 1. The lowest BCUT2D eigenvalue weighted by atomic mass is 10.1. The fourth-order valence-electron chi connectivity index (χ4n) is 1.99. The number of carbonyl (C=O) groups is 1. The molecule has 0 unspecified atom stereocenters. The first kappa shape index (κ1) is 16.9. The molecule has 5 heteroatoms. The van der Waals surface area contributed by atoms with Crippen LogP contribution < -0.4 is 10.1 Å². The van der Waals surface area contributed by atoms with Crippen LogP contribution in [0.3, 0.4) is 0 Å².